The minimum absolute atomic E-state index is 0.481. The number of anilines is 1. The number of rotatable bonds is 5. The molecule has 0 radical (unpaired) electrons. The number of hydrogen-bond donors (Lipinski definition) is 1. The fourth-order valence-corrected chi connectivity index (χ4v) is 1.55. The summed E-state index contributed by atoms with van der Waals surface area (Å²) in [6.07, 6.45) is 0. The number of aliphatic carboxylic acids is 1. The highest BCUT2D eigenvalue weighted by Crippen LogP contribution is 2.41. The SMILES string of the molecule is CN(CC(=O)O)c1c(F)c(N=[N+]=[N-])c(F)c(F)c1[N+](=O)[O-]. The van der Waals surface area contributed by atoms with Gasteiger partial charge in [0.15, 0.2) is 17.3 Å². The molecule has 0 fully saturated rings. The zero-order valence-electron chi connectivity index (χ0n) is 10.2. The Morgan fingerprint density at radius 1 is 1.43 bits per heavy atom. The Bertz CT molecular complexity index is 674. The highest BCUT2D eigenvalue weighted by Gasteiger charge is 2.34. The van der Waals surface area contributed by atoms with Crippen molar-refractivity contribution in [3.05, 3.63) is 38.0 Å². The van der Waals surface area contributed by atoms with E-state index in [0.29, 0.717) is 4.90 Å². The molecule has 0 saturated heterocycles. The summed E-state index contributed by atoms with van der Waals surface area (Å²) in [5.41, 5.74) is 4.02. The molecule has 1 rings (SSSR count). The van der Waals surface area contributed by atoms with Crippen LogP contribution in [0.4, 0.5) is 30.2 Å². The van der Waals surface area contributed by atoms with Crippen molar-refractivity contribution >= 4 is 23.0 Å². The van der Waals surface area contributed by atoms with E-state index >= 15 is 0 Å². The van der Waals surface area contributed by atoms with E-state index < -0.39 is 52.0 Å². The van der Waals surface area contributed by atoms with Crippen molar-refractivity contribution in [2.24, 2.45) is 5.11 Å². The number of hydrogen-bond acceptors (Lipinski definition) is 5. The number of carboxylic acids is 1. The lowest BCUT2D eigenvalue weighted by Gasteiger charge is -2.18. The fourth-order valence-electron chi connectivity index (χ4n) is 1.55. The zero-order chi connectivity index (χ0) is 16.3. The third-order valence-corrected chi connectivity index (χ3v) is 2.33. The van der Waals surface area contributed by atoms with Gasteiger partial charge in [0, 0.05) is 12.0 Å². The van der Waals surface area contributed by atoms with Crippen LogP contribution in [-0.4, -0.2) is 29.6 Å². The predicted molar refractivity (Wildman–Crippen MR) is 62.7 cm³/mol. The molecule has 9 nitrogen and oxygen atoms in total. The Hall–Kier alpha value is -3.01. The first kappa shape index (κ1) is 16.0. The summed E-state index contributed by atoms with van der Waals surface area (Å²) in [6, 6.07) is 0. The Balaban J connectivity index is 3.77. The highest BCUT2D eigenvalue weighted by atomic mass is 19.2. The number of likely N-dealkylation sites (N-methyl/N-ethyl adjacent to an activating group) is 1. The van der Waals surface area contributed by atoms with Gasteiger partial charge in [0.2, 0.25) is 5.82 Å². The summed E-state index contributed by atoms with van der Waals surface area (Å²) < 4.78 is 41.1. The van der Waals surface area contributed by atoms with Crippen molar-refractivity contribution in [3.63, 3.8) is 0 Å². The molecule has 0 atom stereocenters. The van der Waals surface area contributed by atoms with Crippen molar-refractivity contribution in [1.82, 2.24) is 0 Å². The summed E-state index contributed by atoms with van der Waals surface area (Å²) >= 11 is 0. The molecule has 0 aliphatic heterocycles. The zero-order valence-corrected chi connectivity index (χ0v) is 10.2. The first-order valence-corrected chi connectivity index (χ1v) is 5.05. The number of nitrogens with zero attached hydrogens (tertiary/aromatic N) is 5. The maximum Gasteiger partial charge on any atom is 0.333 e. The highest BCUT2D eigenvalue weighted by molar-refractivity contribution is 5.78. The van der Waals surface area contributed by atoms with Gasteiger partial charge in [0.05, 0.1) is 4.92 Å². The minimum atomic E-state index is -2.06. The Morgan fingerprint density at radius 3 is 2.43 bits per heavy atom. The maximum atomic E-state index is 14.0. The normalized spacial score (nSPS) is 9.90. The first-order valence-electron chi connectivity index (χ1n) is 5.05. The van der Waals surface area contributed by atoms with Gasteiger partial charge >= 0.3 is 11.7 Å². The van der Waals surface area contributed by atoms with Crippen LogP contribution >= 0.6 is 0 Å². The molecule has 1 aromatic carbocycles. The van der Waals surface area contributed by atoms with Crippen LogP contribution in [0.2, 0.25) is 0 Å². The number of carbonyl (C=O) groups is 1. The molecule has 0 aromatic heterocycles. The van der Waals surface area contributed by atoms with Crippen LogP contribution in [0, 0.1) is 27.6 Å². The lowest BCUT2D eigenvalue weighted by atomic mass is 10.2. The topological polar surface area (TPSA) is 132 Å². The molecule has 112 valence electrons. The molecule has 0 amide bonds. The van der Waals surface area contributed by atoms with Gasteiger partial charge in [0.25, 0.3) is 0 Å². The van der Waals surface area contributed by atoms with Crippen LogP contribution in [0.15, 0.2) is 5.11 Å². The van der Waals surface area contributed by atoms with Gasteiger partial charge in [-0.05, 0) is 5.53 Å². The molecule has 0 spiro atoms. The quantitative estimate of drug-likeness (QED) is 0.223. The van der Waals surface area contributed by atoms with E-state index in [1.807, 2.05) is 0 Å². The Morgan fingerprint density at radius 2 is 2.00 bits per heavy atom. The van der Waals surface area contributed by atoms with E-state index in [1.165, 1.54) is 0 Å². The summed E-state index contributed by atoms with van der Waals surface area (Å²) in [7, 11) is 0.913. The second-order valence-electron chi connectivity index (χ2n) is 3.68. The molecular formula is C9H6F3N5O4. The van der Waals surface area contributed by atoms with Gasteiger partial charge in [-0.2, -0.15) is 4.39 Å². The Kier molecular flexibility index (Phi) is 4.56. The molecule has 0 saturated carbocycles. The lowest BCUT2D eigenvalue weighted by Crippen LogP contribution is -2.27. The molecule has 0 unspecified atom stereocenters. The molecule has 0 heterocycles. The standard InChI is InChI=1S/C9H6F3N5O4/c1-16(2-3(18)19)8-6(12)7(14-15-13)4(10)5(11)9(8)17(20)21/h2H2,1H3,(H,18,19). The molecule has 0 aliphatic rings. The second kappa shape index (κ2) is 5.96. The molecule has 21 heavy (non-hydrogen) atoms. The van der Waals surface area contributed by atoms with Crippen molar-refractivity contribution in [1.29, 1.82) is 0 Å². The number of carboxylic acid groups (broad SMARTS) is 1. The molecule has 0 aliphatic carbocycles. The average Bonchev–Trinajstić information content (AvgIpc) is 2.37. The van der Waals surface area contributed by atoms with E-state index in [-0.39, 0.29) is 0 Å². The van der Waals surface area contributed by atoms with Crippen LogP contribution in [0.5, 0.6) is 0 Å². The second-order valence-corrected chi connectivity index (χ2v) is 3.68. The number of nitro groups is 1. The summed E-state index contributed by atoms with van der Waals surface area (Å²) in [4.78, 5) is 22.5. The van der Waals surface area contributed by atoms with Crippen LogP contribution in [0.3, 0.4) is 0 Å². The summed E-state index contributed by atoms with van der Waals surface area (Å²) in [6.45, 7) is -0.932. The molecule has 0 bridgehead atoms. The van der Waals surface area contributed by atoms with Gasteiger partial charge in [0.1, 0.15) is 12.2 Å². The monoisotopic (exact) mass is 305 g/mol. The number of azide groups is 1. The van der Waals surface area contributed by atoms with E-state index in [1.54, 1.807) is 0 Å². The van der Waals surface area contributed by atoms with E-state index in [9.17, 15) is 28.1 Å². The molecular weight excluding hydrogens is 299 g/mol. The van der Waals surface area contributed by atoms with Gasteiger partial charge < -0.3 is 10.0 Å². The summed E-state index contributed by atoms with van der Waals surface area (Å²) in [5.74, 6) is -7.33. The summed E-state index contributed by atoms with van der Waals surface area (Å²) in [5, 5.41) is 21.9. The van der Waals surface area contributed by atoms with E-state index in [0.717, 1.165) is 7.05 Å². The first-order chi connectivity index (χ1) is 9.72. The molecule has 12 heteroatoms. The predicted octanol–water partition coefficient (Wildman–Crippen LogP) is 2.47. The van der Waals surface area contributed by atoms with Crippen LogP contribution < -0.4 is 4.90 Å². The lowest BCUT2D eigenvalue weighted by molar-refractivity contribution is -0.387. The third-order valence-electron chi connectivity index (χ3n) is 2.33. The van der Waals surface area contributed by atoms with E-state index in [4.69, 9.17) is 10.6 Å². The van der Waals surface area contributed by atoms with Crippen LogP contribution in [0.1, 0.15) is 0 Å². The Labute approximate surface area is 114 Å². The van der Waals surface area contributed by atoms with Crippen LogP contribution in [0.25, 0.3) is 10.4 Å². The van der Waals surface area contributed by atoms with Crippen molar-refractivity contribution in [2.45, 2.75) is 0 Å². The van der Waals surface area contributed by atoms with Crippen LogP contribution in [-0.2, 0) is 4.79 Å². The average molecular weight is 305 g/mol. The number of nitro benzene ring substituents is 1. The maximum absolute atomic E-state index is 14.0. The van der Waals surface area contributed by atoms with Crippen molar-refractivity contribution in [2.75, 3.05) is 18.5 Å². The molecule has 1 aromatic rings. The largest absolute Gasteiger partial charge is 0.480 e. The van der Waals surface area contributed by atoms with Gasteiger partial charge in [-0.15, -0.1) is 0 Å². The van der Waals surface area contributed by atoms with Gasteiger partial charge in [-0.1, -0.05) is 5.11 Å². The minimum Gasteiger partial charge on any atom is -0.480 e. The molecule has 1 N–H and O–H groups in total. The van der Waals surface area contributed by atoms with Gasteiger partial charge in [-0.25, -0.2) is 8.78 Å². The van der Waals surface area contributed by atoms with Crippen molar-refractivity contribution < 1.29 is 28.0 Å². The smallest absolute Gasteiger partial charge is 0.333 e. The van der Waals surface area contributed by atoms with Gasteiger partial charge in [-0.3, -0.25) is 14.9 Å². The number of benzene rings is 1. The number of halogens is 3. The van der Waals surface area contributed by atoms with Crippen molar-refractivity contribution in [3.8, 4) is 0 Å². The third kappa shape index (κ3) is 2.95. The fraction of sp³-hybridized carbons (Fsp3) is 0.222. The van der Waals surface area contributed by atoms with E-state index in [2.05, 4.69) is 10.0 Å².